The number of carbonyl (C=O) groups is 1. The Morgan fingerprint density at radius 2 is 1.57 bits per heavy atom. The van der Waals surface area contributed by atoms with Crippen LogP contribution in [0.25, 0.3) is 0 Å². The number of hydrogen-bond donors (Lipinski definition) is 0. The van der Waals surface area contributed by atoms with Crippen molar-refractivity contribution in [1.82, 2.24) is 0 Å². The molecule has 158 valence electrons. The highest BCUT2D eigenvalue weighted by Gasteiger charge is 2.35. The fourth-order valence-corrected chi connectivity index (χ4v) is 3.14. The largest absolute Gasteiger partial charge is 0.496 e. The number of nitrogens with zero attached hydrogens (tertiary/aromatic N) is 1. The first-order valence-electron chi connectivity index (χ1n) is 9.12. The predicted octanol–water partition coefficient (Wildman–Crippen LogP) is 4.94. The van der Waals surface area contributed by atoms with E-state index in [1.807, 2.05) is 6.92 Å². The molecule has 5 nitrogen and oxygen atoms in total. The van der Waals surface area contributed by atoms with E-state index in [9.17, 15) is 18.0 Å². The van der Waals surface area contributed by atoms with E-state index in [4.69, 9.17) is 14.2 Å². The minimum absolute atomic E-state index is 0.207. The standard InChI is InChI=1S/C22H20F3NO4/c1-4-21(15-5-7-16(8-6-15)22(23,24)25)12-14(13-26-21)20(27)30-19-10-17(28-2)9-18(11-19)29-3/h5-13H,4H2,1-3H3. The average molecular weight is 419 g/mol. The van der Waals surface area contributed by atoms with Crippen LogP contribution in [0, 0.1) is 0 Å². The van der Waals surface area contributed by atoms with Crippen molar-refractivity contribution < 1.29 is 32.2 Å². The molecule has 1 aliphatic rings. The second-order valence-electron chi connectivity index (χ2n) is 6.65. The molecule has 0 N–H and O–H groups in total. The number of rotatable bonds is 6. The lowest BCUT2D eigenvalue weighted by molar-refractivity contribution is -0.137. The number of halogens is 3. The molecule has 0 spiro atoms. The van der Waals surface area contributed by atoms with Crippen LogP contribution in [-0.4, -0.2) is 26.4 Å². The predicted molar refractivity (Wildman–Crippen MR) is 105 cm³/mol. The Morgan fingerprint density at radius 1 is 1.00 bits per heavy atom. The Hall–Kier alpha value is -3.29. The molecule has 0 aliphatic carbocycles. The maximum absolute atomic E-state index is 12.8. The van der Waals surface area contributed by atoms with Crippen LogP contribution < -0.4 is 14.2 Å². The maximum atomic E-state index is 12.8. The molecule has 1 heterocycles. The topological polar surface area (TPSA) is 57.1 Å². The third kappa shape index (κ3) is 4.32. The SMILES string of the molecule is CCC1(c2ccc(C(F)(F)F)cc2)C=C(C(=O)Oc2cc(OC)cc(OC)c2)C=N1. The summed E-state index contributed by atoms with van der Waals surface area (Å²) in [5, 5.41) is 0. The van der Waals surface area contributed by atoms with Gasteiger partial charge in [-0.1, -0.05) is 19.1 Å². The molecule has 0 fully saturated rings. The second kappa shape index (κ2) is 8.22. The van der Waals surface area contributed by atoms with Gasteiger partial charge in [0.05, 0.1) is 25.4 Å². The highest BCUT2D eigenvalue weighted by atomic mass is 19.4. The minimum Gasteiger partial charge on any atom is -0.496 e. The molecule has 30 heavy (non-hydrogen) atoms. The molecule has 3 rings (SSSR count). The number of alkyl halides is 3. The molecule has 1 unspecified atom stereocenters. The van der Waals surface area contributed by atoms with Gasteiger partial charge >= 0.3 is 12.1 Å². The van der Waals surface area contributed by atoms with E-state index in [2.05, 4.69) is 4.99 Å². The normalized spacial score (nSPS) is 18.1. The molecule has 8 heteroatoms. The first-order valence-corrected chi connectivity index (χ1v) is 9.12. The third-order valence-corrected chi connectivity index (χ3v) is 4.85. The number of carbonyl (C=O) groups excluding carboxylic acids is 1. The zero-order valence-electron chi connectivity index (χ0n) is 16.6. The minimum atomic E-state index is -4.42. The average Bonchev–Trinajstić information content (AvgIpc) is 3.19. The number of benzene rings is 2. The van der Waals surface area contributed by atoms with Crippen LogP contribution in [-0.2, 0) is 16.5 Å². The number of methoxy groups -OCH3 is 2. The van der Waals surface area contributed by atoms with Gasteiger partial charge in [-0.25, -0.2) is 4.79 Å². The van der Waals surface area contributed by atoms with Gasteiger partial charge in [-0.05, 0) is 30.2 Å². The second-order valence-corrected chi connectivity index (χ2v) is 6.65. The van der Waals surface area contributed by atoms with Gasteiger partial charge in [0.25, 0.3) is 0 Å². The summed E-state index contributed by atoms with van der Waals surface area (Å²) < 4.78 is 54.2. The fraction of sp³-hybridized carbons (Fsp3) is 0.273. The molecule has 0 saturated carbocycles. The first kappa shape index (κ1) is 21.4. The number of esters is 1. The summed E-state index contributed by atoms with van der Waals surface area (Å²) in [6.07, 6.45) is -0.978. The summed E-state index contributed by atoms with van der Waals surface area (Å²) in [4.78, 5) is 17.0. The van der Waals surface area contributed by atoms with Crippen LogP contribution in [0.15, 0.2) is 59.1 Å². The fourth-order valence-electron chi connectivity index (χ4n) is 3.14. The van der Waals surface area contributed by atoms with Gasteiger partial charge in [0.15, 0.2) is 0 Å². The summed E-state index contributed by atoms with van der Waals surface area (Å²) in [5.41, 5.74) is -0.904. The molecule has 1 atom stereocenters. The van der Waals surface area contributed by atoms with Crippen LogP contribution in [0.2, 0.25) is 0 Å². The molecule has 0 amide bonds. The Bertz CT molecular complexity index is 974. The Morgan fingerprint density at radius 3 is 2.07 bits per heavy atom. The van der Waals surface area contributed by atoms with Gasteiger partial charge in [0.1, 0.15) is 22.8 Å². The Kier molecular flexibility index (Phi) is 5.87. The van der Waals surface area contributed by atoms with Crippen LogP contribution in [0.1, 0.15) is 24.5 Å². The van der Waals surface area contributed by atoms with Gasteiger partial charge in [0.2, 0.25) is 0 Å². The first-order chi connectivity index (χ1) is 14.2. The van der Waals surface area contributed by atoms with E-state index < -0.39 is 23.2 Å². The lowest BCUT2D eigenvalue weighted by Crippen LogP contribution is -2.19. The van der Waals surface area contributed by atoms with Crippen molar-refractivity contribution in [3.63, 3.8) is 0 Å². The molecule has 2 aromatic rings. The molecule has 0 aromatic heterocycles. The van der Waals surface area contributed by atoms with E-state index in [1.165, 1.54) is 44.7 Å². The third-order valence-electron chi connectivity index (χ3n) is 4.85. The number of ether oxygens (including phenoxy) is 3. The van der Waals surface area contributed by atoms with Crippen LogP contribution in [0.4, 0.5) is 13.2 Å². The lowest BCUT2D eigenvalue weighted by Gasteiger charge is -2.23. The van der Waals surface area contributed by atoms with E-state index in [-0.39, 0.29) is 11.3 Å². The van der Waals surface area contributed by atoms with E-state index in [0.717, 1.165) is 12.1 Å². The molecule has 0 saturated heterocycles. The van der Waals surface area contributed by atoms with Crippen molar-refractivity contribution >= 4 is 12.2 Å². The van der Waals surface area contributed by atoms with Gasteiger partial charge in [-0.2, -0.15) is 13.2 Å². The van der Waals surface area contributed by atoms with Crippen LogP contribution in [0.3, 0.4) is 0 Å². The quantitative estimate of drug-likeness (QED) is 0.491. The monoisotopic (exact) mass is 419 g/mol. The Balaban J connectivity index is 1.84. The summed E-state index contributed by atoms with van der Waals surface area (Å²) in [5.74, 6) is 0.503. The molecule has 2 aromatic carbocycles. The van der Waals surface area contributed by atoms with E-state index >= 15 is 0 Å². The summed E-state index contributed by atoms with van der Waals surface area (Å²) in [7, 11) is 2.96. The van der Waals surface area contributed by atoms with Crippen molar-refractivity contribution in [1.29, 1.82) is 0 Å². The van der Waals surface area contributed by atoms with Crippen molar-refractivity contribution in [2.75, 3.05) is 14.2 Å². The van der Waals surface area contributed by atoms with Crippen LogP contribution in [0.5, 0.6) is 17.2 Å². The maximum Gasteiger partial charge on any atom is 0.416 e. The van der Waals surface area contributed by atoms with Crippen molar-refractivity contribution in [2.24, 2.45) is 4.99 Å². The zero-order chi connectivity index (χ0) is 21.9. The van der Waals surface area contributed by atoms with E-state index in [0.29, 0.717) is 23.5 Å². The highest BCUT2D eigenvalue weighted by molar-refractivity contribution is 6.11. The lowest BCUT2D eigenvalue weighted by atomic mass is 9.87. The highest BCUT2D eigenvalue weighted by Crippen LogP contribution is 2.38. The van der Waals surface area contributed by atoms with Crippen molar-refractivity contribution in [3.05, 3.63) is 65.2 Å². The number of hydrogen-bond acceptors (Lipinski definition) is 5. The van der Waals surface area contributed by atoms with E-state index in [1.54, 1.807) is 12.1 Å². The van der Waals surface area contributed by atoms with Gasteiger partial charge in [-0.3, -0.25) is 4.99 Å². The molecule has 0 radical (unpaired) electrons. The zero-order valence-corrected chi connectivity index (χ0v) is 16.6. The Labute approximate surface area is 171 Å². The molecule has 0 bridgehead atoms. The smallest absolute Gasteiger partial charge is 0.416 e. The number of aliphatic imine (C=N–C) groups is 1. The van der Waals surface area contributed by atoms with Crippen LogP contribution >= 0.6 is 0 Å². The van der Waals surface area contributed by atoms with Gasteiger partial charge in [0, 0.05) is 24.4 Å². The molecular formula is C22H20F3NO4. The summed E-state index contributed by atoms with van der Waals surface area (Å²) in [6, 6.07) is 9.49. The molecular weight excluding hydrogens is 399 g/mol. The van der Waals surface area contributed by atoms with Crippen molar-refractivity contribution in [2.45, 2.75) is 25.1 Å². The summed E-state index contributed by atoms with van der Waals surface area (Å²) in [6.45, 7) is 1.84. The summed E-state index contributed by atoms with van der Waals surface area (Å²) >= 11 is 0. The van der Waals surface area contributed by atoms with Gasteiger partial charge < -0.3 is 14.2 Å². The van der Waals surface area contributed by atoms with Crippen molar-refractivity contribution in [3.8, 4) is 17.2 Å². The van der Waals surface area contributed by atoms with Gasteiger partial charge in [-0.15, -0.1) is 0 Å². The molecule has 1 aliphatic heterocycles.